The molecule has 0 fully saturated rings. The van der Waals surface area contributed by atoms with Gasteiger partial charge in [-0.3, -0.25) is 4.79 Å². The van der Waals surface area contributed by atoms with Gasteiger partial charge in [0.1, 0.15) is 5.82 Å². The van der Waals surface area contributed by atoms with E-state index in [4.69, 9.17) is 5.11 Å². The number of hydrogen-bond acceptors (Lipinski definition) is 3. The lowest BCUT2D eigenvalue weighted by molar-refractivity contribution is -0.146. The molecule has 0 aliphatic rings. The van der Waals surface area contributed by atoms with E-state index in [1.807, 2.05) is 0 Å². The van der Waals surface area contributed by atoms with Gasteiger partial charge in [-0.05, 0) is 26.0 Å². The summed E-state index contributed by atoms with van der Waals surface area (Å²) in [4.78, 5) is 14.4. The summed E-state index contributed by atoms with van der Waals surface area (Å²) in [6.07, 6.45) is -3.72. The maximum absolute atomic E-state index is 12.3. The zero-order valence-corrected chi connectivity index (χ0v) is 9.88. The maximum Gasteiger partial charge on any atom is 0.417 e. The fourth-order valence-corrected chi connectivity index (χ4v) is 1.05. The first-order valence-electron chi connectivity index (χ1n) is 5.13. The Balaban J connectivity index is 2.68. The number of nitrogens with one attached hydrogen (secondary N) is 1. The van der Waals surface area contributed by atoms with Crippen molar-refractivity contribution in [1.29, 1.82) is 0 Å². The van der Waals surface area contributed by atoms with Gasteiger partial charge in [0, 0.05) is 12.7 Å². The topological polar surface area (TPSA) is 62.2 Å². The predicted octanol–water partition coefficient (Wildman–Crippen LogP) is 2.62. The SMILES string of the molecule is CC(C)(CNc1ccc(C(F)(F)F)cn1)C(=O)O. The number of carboxylic acids is 1. The fraction of sp³-hybridized carbons (Fsp3) is 0.455. The summed E-state index contributed by atoms with van der Waals surface area (Å²) in [5, 5.41) is 11.5. The summed E-state index contributed by atoms with van der Waals surface area (Å²) in [5.41, 5.74) is -1.87. The number of nitrogens with zero attached hydrogens (tertiary/aromatic N) is 1. The second-order valence-corrected chi connectivity index (χ2v) is 4.47. The van der Waals surface area contributed by atoms with Crippen LogP contribution in [0.4, 0.5) is 19.0 Å². The van der Waals surface area contributed by atoms with Crippen molar-refractivity contribution in [3.63, 3.8) is 0 Å². The summed E-state index contributed by atoms with van der Waals surface area (Å²) >= 11 is 0. The summed E-state index contributed by atoms with van der Waals surface area (Å²) in [6.45, 7) is 3.08. The molecule has 1 aromatic rings. The monoisotopic (exact) mass is 262 g/mol. The smallest absolute Gasteiger partial charge is 0.417 e. The van der Waals surface area contributed by atoms with Crippen molar-refractivity contribution < 1.29 is 23.1 Å². The van der Waals surface area contributed by atoms with Gasteiger partial charge < -0.3 is 10.4 Å². The average Bonchev–Trinajstić information content (AvgIpc) is 2.25. The third kappa shape index (κ3) is 3.61. The number of carboxylic acid groups (broad SMARTS) is 1. The number of aliphatic carboxylic acids is 1. The Morgan fingerprint density at radius 1 is 1.39 bits per heavy atom. The Bertz CT molecular complexity index is 427. The first-order chi connectivity index (χ1) is 8.13. The van der Waals surface area contributed by atoms with Gasteiger partial charge >= 0.3 is 12.1 Å². The summed E-state index contributed by atoms with van der Waals surface area (Å²) in [6, 6.07) is 2.06. The molecule has 0 spiro atoms. The van der Waals surface area contributed by atoms with Gasteiger partial charge in [0.25, 0.3) is 0 Å². The van der Waals surface area contributed by atoms with E-state index in [9.17, 15) is 18.0 Å². The number of alkyl halides is 3. The zero-order chi connectivity index (χ0) is 14.0. The fourth-order valence-electron chi connectivity index (χ4n) is 1.05. The van der Waals surface area contributed by atoms with Crippen molar-refractivity contribution in [2.24, 2.45) is 5.41 Å². The highest BCUT2D eigenvalue weighted by Gasteiger charge is 2.31. The van der Waals surface area contributed by atoms with Crippen molar-refractivity contribution in [3.05, 3.63) is 23.9 Å². The lowest BCUT2D eigenvalue weighted by Crippen LogP contribution is -2.32. The molecule has 18 heavy (non-hydrogen) atoms. The molecule has 0 atom stereocenters. The molecule has 0 amide bonds. The van der Waals surface area contributed by atoms with Gasteiger partial charge in [-0.25, -0.2) is 4.98 Å². The van der Waals surface area contributed by atoms with E-state index in [-0.39, 0.29) is 12.4 Å². The van der Waals surface area contributed by atoms with Gasteiger partial charge in [0.2, 0.25) is 0 Å². The molecule has 0 radical (unpaired) electrons. The van der Waals surface area contributed by atoms with E-state index < -0.39 is 23.1 Å². The molecule has 0 aliphatic carbocycles. The van der Waals surface area contributed by atoms with Gasteiger partial charge in [-0.2, -0.15) is 13.2 Å². The standard InChI is InChI=1S/C11H13F3N2O2/c1-10(2,9(17)18)6-16-8-4-3-7(5-15-8)11(12,13)14/h3-5H,6H2,1-2H3,(H,15,16)(H,17,18). The number of hydrogen-bond donors (Lipinski definition) is 2. The van der Waals surface area contributed by atoms with Crippen LogP contribution in [0.5, 0.6) is 0 Å². The van der Waals surface area contributed by atoms with Crippen molar-refractivity contribution in [3.8, 4) is 0 Å². The van der Waals surface area contributed by atoms with E-state index in [0.29, 0.717) is 6.20 Å². The van der Waals surface area contributed by atoms with Crippen LogP contribution in [0.15, 0.2) is 18.3 Å². The average molecular weight is 262 g/mol. The third-order valence-corrected chi connectivity index (χ3v) is 2.38. The van der Waals surface area contributed by atoms with Crippen LogP contribution >= 0.6 is 0 Å². The normalized spacial score (nSPS) is 12.3. The largest absolute Gasteiger partial charge is 0.481 e. The molecule has 0 aromatic carbocycles. The van der Waals surface area contributed by atoms with Crippen LogP contribution in [0.3, 0.4) is 0 Å². The zero-order valence-electron chi connectivity index (χ0n) is 9.88. The number of anilines is 1. The molecule has 4 nitrogen and oxygen atoms in total. The molecule has 0 saturated carbocycles. The predicted molar refractivity (Wildman–Crippen MR) is 59.1 cm³/mol. The van der Waals surface area contributed by atoms with E-state index in [1.165, 1.54) is 19.9 Å². The van der Waals surface area contributed by atoms with E-state index in [1.54, 1.807) is 0 Å². The maximum atomic E-state index is 12.3. The van der Waals surface area contributed by atoms with E-state index >= 15 is 0 Å². The Kier molecular flexibility index (Phi) is 3.83. The first kappa shape index (κ1) is 14.3. The van der Waals surface area contributed by atoms with Crippen LogP contribution in [0.25, 0.3) is 0 Å². The molecule has 1 heterocycles. The first-order valence-corrected chi connectivity index (χ1v) is 5.13. The van der Waals surface area contributed by atoms with Crippen LogP contribution in [0.1, 0.15) is 19.4 Å². The molecular weight excluding hydrogens is 249 g/mol. The Hall–Kier alpha value is -1.79. The third-order valence-electron chi connectivity index (χ3n) is 2.38. The lowest BCUT2D eigenvalue weighted by Gasteiger charge is -2.19. The number of rotatable bonds is 4. The number of carbonyl (C=O) groups is 1. The Morgan fingerprint density at radius 2 is 2.00 bits per heavy atom. The van der Waals surface area contributed by atoms with Crippen LogP contribution in [0, 0.1) is 5.41 Å². The molecule has 2 N–H and O–H groups in total. The highest BCUT2D eigenvalue weighted by Crippen LogP contribution is 2.29. The van der Waals surface area contributed by atoms with Gasteiger partial charge in [0.05, 0.1) is 11.0 Å². The van der Waals surface area contributed by atoms with Crippen molar-refractivity contribution in [2.75, 3.05) is 11.9 Å². The highest BCUT2D eigenvalue weighted by atomic mass is 19.4. The van der Waals surface area contributed by atoms with Crippen molar-refractivity contribution >= 4 is 11.8 Å². The second-order valence-electron chi connectivity index (χ2n) is 4.47. The van der Waals surface area contributed by atoms with Crippen LogP contribution in [-0.4, -0.2) is 22.6 Å². The van der Waals surface area contributed by atoms with Crippen LogP contribution < -0.4 is 5.32 Å². The second kappa shape index (κ2) is 4.83. The quantitative estimate of drug-likeness (QED) is 0.875. The minimum Gasteiger partial charge on any atom is -0.481 e. The van der Waals surface area contributed by atoms with Crippen molar-refractivity contribution in [1.82, 2.24) is 4.98 Å². The van der Waals surface area contributed by atoms with E-state index in [0.717, 1.165) is 6.07 Å². The number of halogens is 3. The molecule has 1 rings (SSSR count). The highest BCUT2D eigenvalue weighted by molar-refractivity contribution is 5.74. The van der Waals surface area contributed by atoms with Crippen molar-refractivity contribution in [2.45, 2.75) is 20.0 Å². The molecule has 0 saturated heterocycles. The Labute approximate surface area is 102 Å². The molecule has 0 aliphatic heterocycles. The molecule has 100 valence electrons. The molecule has 7 heteroatoms. The minimum atomic E-state index is -4.42. The summed E-state index contributed by atoms with van der Waals surface area (Å²) in [5.74, 6) is -0.792. The minimum absolute atomic E-state index is 0.0701. The summed E-state index contributed by atoms with van der Waals surface area (Å²) < 4.78 is 36.8. The Morgan fingerprint density at radius 3 is 2.39 bits per heavy atom. The van der Waals surface area contributed by atoms with E-state index in [2.05, 4.69) is 10.3 Å². The molecule has 0 unspecified atom stereocenters. The summed E-state index contributed by atoms with van der Waals surface area (Å²) in [7, 11) is 0. The molecular formula is C11H13F3N2O2. The number of pyridine rings is 1. The molecule has 1 aromatic heterocycles. The van der Waals surface area contributed by atoms with Gasteiger partial charge in [-0.15, -0.1) is 0 Å². The number of aromatic nitrogens is 1. The van der Waals surface area contributed by atoms with Gasteiger partial charge in [-0.1, -0.05) is 0 Å². The molecule has 0 bridgehead atoms. The lowest BCUT2D eigenvalue weighted by atomic mass is 9.94. The van der Waals surface area contributed by atoms with Crippen LogP contribution in [0.2, 0.25) is 0 Å². The van der Waals surface area contributed by atoms with Crippen LogP contribution in [-0.2, 0) is 11.0 Å². The van der Waals surface area contributed by atoms with Gasteiger partial charge in [0.15, 0.2) is 0 Å².